The van der Waals surface area contributed by atoms with Gasteiger partial charge in [0.05, 0.1) is 16.6 Å². The van der Waals surface area contributed by atoms with E-state index in [2.05, 4.69) is 27.8 Å². The Hall–Kier alpha value is -2.88. The number of thioether (sulfide) groups is 1. The molecule has 0 bridgehead atoms. The molecule has 30 heavy (non-hydrogen) atoms. The predicted octanol–water partition coefficient (Wildman–Crippen LogP) is 4.54. The van der Waals surface area contributed by atoms with Crippen LogP contribution in [-0.4, -0.2) is 31.4 Å². The largest absolute Gasteiger partial charge is 0.323 e. The zero-order valence-corrected chi connectivity index (χ0v) is 17.2. The highest BCUT2D eigenvalue weighted by Crippen LogP contribution is 2.25. The quantitative estimate of drug-likeness (QED) is 0.415. The summed E-state index contributed by atoms with van der Waals surface area (Å²) in [5, 5.41) is 13.5. The number of nitrogens with one attached hydrogen (secondary N) is 1. The van der Waals surface area contributed by atoms with E-state index in [9.17, 15) is 18.0 Å². The molecule has 0 aliphatic carbocycles. The molecule has 0 saturated carbocycles. The third-order valence-electron chi connectivity index (χ3n) is 4.39. The van der Waals surface area contributed by atoms with Gasteiger partial charge in [-0.2, -0.15) is 4.68 Å². The molecule has 1 N–H and O–H groups in total. The monoisotopic (exact) mass is 435 g/mol. The van der Waals surface area contributed by atoms with Gasteiger partial charge in [-0.1, -0.05) is 37.2 Å². The van der Waals surface area contributed by atoms with Gasteiger partial charge in [-0.3, -0.25) is 4.79 Å². The molecule has 0 aliphatic heterocycles. The summed E-state index contributed by atoms with van der Waals surface area (Å²) < 4.78 is 41.7. The maximum Gasteiger partial charge on any atom is 0.237 e. The minimum absolute atomic E-state index is 0.365. The van der Waals surface area contributed by atoms with Crippen molar-refractivity contribution < 1.29 is 18.0 Å². The number of aryl methyl sites for hydroxylation is 1. The molecule has 158 valence electrons. The first kappa shape index (κ1) is 21.8. The first-order valence-electron chi connectivity index (χ1n) is 9.39. The Morgan fingerprint density at radius 2 is 1.87 bits per heavy atom. The fourth-order valence-electron chi connectivity index (χ4n) is 2.67. The number of hydrogen-bond donors (Lipinski definition) is 1. The van der Waals surface area contributed by atoms with E-state index >= 15 is 0 Å². The van der Waals surface area contributed by atoms with Crippen molar-refractivity contribution in [1.29, 1.82) is 0 Å². The zero-order valence-electron chi connectivity index (χ0n) is 16.4. The van der Waals surface area contributed by atoms with Crippen molar-refractivity contribution in [2.24, 2.45) is 0 Å². The van der Waals surface area contributed by atoms with Crippen LogP contribution >= 0.6 is 11.8 Å². The first-order valence-corrected chi connectivity index (χ1v) is 10.3. The molecule has 10 heteroatoms. The van der Waals surface area contributed by atoms with Crippen LogP contribution in [0, 0.1) is 17.5 Å². The number of rotatable bonds is 8. The van der Waals surface area contributed by atoms with Gasteiger partial charge in [-0.05, 0) is 60.0 Å². The molecule has 1 heterocycles. The maximum absolute atomic E-state index is 13.8. The van der Waals surface area contributed by atoms with Gasteiger partial charge in [-0.15, -0.1) is 5.10 Å². The molecule has 0 aliphatic rings. The van der Waals surface area contributed by atoms with E-state index in [1.807, 2.05) is 24.3 Å². The van der Waals surface area contributed by atoms with Gasteiger partial charge in [0.25, 0.3) is 0 Å². The van der Waals surface area contributed by atoms with Crippen molar-refractivity contribution in [2.45, 2.75) is 43.5 Å². The predicted molar refractivity (Wildman–Crippen MR) is 108 cm³/mol. The summed E-state index contributed by atoms with van der Waals surface area (Å²) in [6, 6.07) is 9.51. The summed E-state index contributed by atoms with van der Waals surface area (Å²) in [5.41, 5.74) is 1.51. The van der Waals surface area contributed by atoms with E-state index in [0.717, 1.165) is 48.8 Å². The second-order valence-electron chi connectivity index (χ2n) is 6.62. The molecule has 1 atom stereocenters. The van der Waals surface area contributed by atoms with Crippen LogP contribution in [0.15, 0.2) is 41.6 Å². The summed E-state index contributed by atoms with van der Waals surface area (Å²) in [6.45, 7) is 3.71. The molecule has 0 saturated heterocycles. The van der Waals surface area contributed by atoms with Crippen LogP contribution in [0.2, 0.25) is 0 Å². The molecular formula is C20H20F3N5OS. The molecule has 0 fully saturated rings. The van der Waals surface area contributed by atoms with Crippen LogP contribution in [0.3, 0.4) is 0 Å². The standard InChI is InChI=1S/C20H20F3N5OS/c1-3-4-5-13-6-8-14(9-7-13)28-20(25-26-27-28)30-12(2)19(29)24-16-11-10-15(21)17(22)18(16)23/h6-12H,3-5H2,1-2H3,(H,24,29)/t12-/m0/s1. The Labute approximate surface area is 175 Å². The van der Waals surface area contributed by atoms with E-state index in [0.29, 0.717) is 5.16 Å². The van der Waals surface area contributed by atoms with Crippen molar-refractivity contribution in [2.75, 3.05) is 5.32 Å². The molecule has 3 aromatic rings. The number of benzene rings is 2. The number of aromatic nitrogens is 4. The van der Waals surface area contributed by atoms with Crippen molar-refractivity contribution >= 4 is 23.4 Å². The van der Waals surface area contributed by atoms with E-state index < -0.39 is 34.3 Å². The molecule has 1 amide bonds. The van der Waals surface area contributed by atoms with Crippen molar-refractivity contribution in [3.63, 3.8) is 0 Å². The fourth-order valence-corrected chi connectivity index (χ4v) is 3.48. The lowest BCUT2D eigenvalue weighted by Gasteiger charge is -2.12. The van der Waals surface area contributed by atoms with Crippen molar-refractivity contribution in [3.8, 4) is 5.69 Å². The highest BCUT2D eigenvalue weighted by molar-refractivity contribution is 8.00. The molecule has 0 unspecified atom stereocenters. The molecule has 1 aromatic heterocycles. The highest BCUT2D eigenvalue weighted by atomic mass is 32.2. The zero-order chi connectivity index (χ0) is 21.7. The number of unbranched alkanes of at least 4 members (excludes halogenated alkanes) is 1. The average molecular weight is 435 g/mol. The van der Waals surface area contributed by atoms with Gasteiger partial charge in [0.2, 0.25) is 11.1 Å². The number of carbonyl (C=O) groups is 1. The normalized spacial score (nSPS) is 12.0. The Morgan fingerprint density at radius 1 is 1.13 bits per heavy atom. The highest BCUT2D eigenvalue weighted by Gasteiger charge is 2.22. The van der Waals surface area contributed by atoms with Crippen LogP contribution in [-0.2, 0) is 11.2 Å². The first-order chi connectivity index (χ1) is 14.4. The third kappa shape index (κ3) is 4.99. The molecule has 2 aromatic carbocycles. The van der Waals surface area contributed by atoms with Crippen LogP contribution in [0.1, 0.15) is 32.3 Å². The minimum Gasteiger partial charge on any atom is -0.323 e. The van der Waals surface area contributed by atoms with Gasteiger partial charge in [0.1, 0.15) is 0 Å². The van der Waals surface area contributed by atoms with E-state index in [-0.39, 0.29) is 0 Å². The third-order valence-corrected chi connectivity index (χ3v) is 5.42. The summed E-state index contributed by atoms with van der Waals surface area (Å²) >= 11 is 1.05. The van der Waals surface area contributed by atoms with E-state index in [1.165, 1.54) is 10.2 Å². The molecule has 3 rings (SSSR count). The molecular weight excluding hydrogens is 415 g/mol. The van der Waals surface area contributed by atoms with Crippen molar-refractivity contribution in [1.82, 2.24) is 20.2 Å². The molecule has 6 nitrogen and oxygen atoms in total. The summed E-state index contributed by atoms with van der Waals surface area (Å²) in [5.74, 6) is -5.02. The average Bonchev–Trinajstić information content (AvgIpc) is 3.21. The van der Waals surface area contributed by atoms with Gasteiger partial charge < -0.3 is 5.32 Å². The maximum atomic E-state index is 13.8. The van der Waals surface area contributed by atoms with E-state index in [4.69, 9.17) is 0 Å². The number of nitrogens with zero attached hydrogens (tertiary/aromatic N) is 4. The lowest BCUT2D eigenvalue weighted by Crippen LogP contribution is -2.23. The summed E-state index contributed by atoms with van der Waals surface area (Å²) in [7, 11) is 0. The van der Waals surface area contributed by atoms with Gasteiger partial charge in [-0.25, -0.2) is 13.2 Å². The number of halogens is 3. The number of tetrazole rings is 1. The topological polar surface area (TPSA) is 72.7 Å². The molecule has 0 spiro atoms. The SMILES string of the molecule is CCCCc1ccc(-n2nnnc2S[C@@H](C)C(=O)Nc2ccc(F)c(F)c2F)cc1. The summed E-state index contributed by atoms with van der Waals surface area (Å²) in [6.07, 6.45) is 3.21. The lowest BCUT2D eigenvalue weighted by molar-refractivity contribution is -0.115. The minimum atomic E-state index is -1.64. The number of carbonyl (C=O) groups excluding carboxylic acids is 1. The second-order valence-corrected chi connectivity index (χ2v) is 7.92. The van der Waals surface area contributed by atoms with Gasteiger partial charge >= 0.3 is 0 Å². The number of anilines is 1. The Kier molecular flexibility index (Phi) is 7.09. The Bertz CT molecular complexity index is 1030. The number of hydrogen-bond acceptors (Lipinski definition) is 5. The smallest absolute Gasteiger partial charge is 0.237 e. The Balaban J connectivity index is 1.69. The molecule has 0 radical (unpaired) electrons. The fraction of sp³-hybridized carbons (Fsp3) is 0.300. The lowest BCUT2D eigenvalue weighted by atomic mass is 10.1. The van der Waals surface area contributed by atoms with Crippen LogP contribution in [0.25, 0.3) is 5.69 Å². The van der Waals surface area contributed by atoms with Crippen LogP contribution in [0.5, 0.6) is 0 Å². The Morgan fingerprint density at radius 3 is 2.57 bits per heavy atom. The van der Waals surface area contributed by atoms with Crippen LogP contribution < -0.4 is 5.32 Å². The van der Waals surface area contributed by atoms with E-state index in [1.54, 1.807) is 6.92 Å². The van der Waals surface area contributed by atoms with Gasteiger partial charge in [0, 0.05) is 0 Å². The second kappa shape index (κ2) is 9.75. The van der Waals surface area contributed by atoms with Crippen LogP contribution in [0.4, 0.5) is 18.9 Å². The number of amides is 1. The summed E-state index contributed by atoms with van der Waals surface area (Å²) in [4.78, 5) is 12.4. The van der Waals surface area contributed by atoms with Crippen molar-refractivity contribution in [3.05, 3.63) is 59.4 Å². The van der Waals surface area contributed by atoms with Gasteiger partial charge in [0.15, 0.2) is 17.5 Å².